The summed E-state index contributed by atoms with van der Waals surface area (Å²) in [7, 11) is 0. The number of urea groups is 1. The lowest BCUT2D eigenvalue weighted by atomic mass is 10.1. The molecular weight excluding hydrogens is 275 g/mol. The SMILES string of the molecule is CCN(C(=O)N1CCCC1CC(=O)O)c1ccc(F)cc1. The number of carboxylic acid groups (broad SMARTS) is 1. The Morgan fingerprint density at radius 1 is 1.38 bits per heavy atom. The Hall–Kier alpha value is -2.11. The van der Waals surface area contributed by atoms with Gasteiger partial charge < -0.3 is 10.0 Å². The number of amides is 2. The first-order chi connectivity index (χ1) is 10.0. The highest BCUT2D eigenvalue weighted by Gasteiger charge is 2.33. The van der Waals surface area contributed by atoms with E-state index in [1.165, 1.54) is 12.1 Å². The van der Waals surface area contributed by atoms with E-state index in [-0.39, 0.29) is 24.3 Å². The van der Waals surface area contributed by atoms with E-state index in [1.807, 2.05) is 6.92 Å². The average molecular weight is 294 g/mol. The van der Waals surface area contributed by atoms with Crippen molar-refractivity contribution >= 4 is 17.7 Å². The quantitative estimate of drug-likeness (QED) is 0.928. The summed E-state index contributed by atoms with van der Waals surface area (Å²) in [5.41, 5.74) is 0.616. The smallest absolute Gasteiger partial charge is 0.324 e. The van der Waals surface area contributed by atoms with Gasteiger partial charge in [-0.05, 0) is 44.0 Å². The van der Waals surface area contributed by atoms with Gasteiger partial charge in [-0.25, -0.2) is 9.18 Å². The van der Waals surface area contributed by atoms with Crippen LogP contribution in [0.15, 0.2) is 24.3 Å². The third-order valence-electron chi connectivity index (χ3n) is 3.72. The van der Waals surface area contributed by atoms with Gasteiger partial charge in [-0.3, -0.25) is 9.69 Å². The molecular formula is C15H19FN2O3. The fraction of sp³-hybridized carbons (Fsp3) is 0.467. The normalized spacial score (nSPS) is 17.8. The largest absolute Gasteiger partial charge is 0.481 e. The highest BCUT2D eigenvalue weighted by atomic mass is 19.1. The summed E-state index contributed by atoms with van der Waals surface area (Å²) in [4.78, 5) is 26.6. The molecule has 0 saturated carbocycles. The molecule has 6 heteroatoms. The maximum atomic E-state index is 13.0. The maximum absolute atomic E-state index is 13.0. The summed E-state index contributed by atoms with van der Waals surface area (Å²) in [6, 6.07) is 5.25. The molecule has 1 aliphatic rings. The van der Waals surface area contributed by atoms with E-state index in [4.69, 9.17) is 5.11 Å². The number of rotatable bonds is 4. The summed E-state index contributed by atoms with van der Waals surface area (Å²) in [5, 5.41) is 8.92. The zero-order valence-corrected chi connectivity index (χ0v) is 12.0. The van der Waals surface area contributed by atoms with Crippen LogP contribution in [0.25, 0.3) is 0 Å². The number of benzene rings is 1. The monoisotopic (exact) mass is 294 g/mol. The van der Waals surface area contributed by atoms with Crippen molar-refractivity contribution in [3.63, 3.8) is 0 Å². The Labute approximate surface area is 123 Å². The second-order valence-corrected chi connectivity index (χ2v) is 5.09. The number of hydrogen-bond acceptors (Lipinski definition) is 2. The lowest BCUT2D eigenvalue weighted by molar-refractivity contribution is -0.137. The van der Waals surface area contributed by atoms with Crippen LogP contribution < -0.4 is 4.90 Å². The summed E-state index contributed by atoms with van der Waals surface area (Å²) in [6.45, 7) is 2.85. The summed E-state index contributed by atoms with van der Waals surface area (Å²) in [6.07, 6.45) is 1.48. The van der Waals surface area contributed by atoms with Crippen LogP contribution in [0.1, 0.15) is 26.2 Å². The first-order valence-corrected chi connectivity index (χ1v) is 7.08. The lowest BCUT2D eigenvalue weighted by Gasteiger charge is -2.30. The molecule has 1 aromatic carbocycles. The Kier molecular flexibility index (Phi) is 4.77. The fourth-order valence-corrected chi connectivity index (χ4v) is 2.71. The van der Waals surface area contributed by atoms with Crippen LogP contribution >= 0.6 is 0 Å². The van der Waals surface area contributed by atoms with E-state index in [1.54, 1.807) is 21.9 Å². The number of carboxylic acids is 1. The molecule has 0 aliphatic carbocycles. The van der Waals surface area contributed by atoms with Gasteiger partial charge in [-0.1, -0.05) is 0 Å². The number of carbonyl (C=O) groups is 2. The van der Waals surface area contributed by atoms with Crippen molar-refractivity contribution in [2.45, 2.75) is 32.2 Å². The fourth-order valence-electron chi connectivity index (χ4n) is 2.71. The molecule has 2 amide bonds. The Bertz CT molecular complexity index is 518. The van der Waals surface area contributed by atoms with E-state index < -0.39 is 5.97 Å². The molecule has 2 rings (SSSR count). The van der Waals surface area contributed by atoms with E-state index in [9.17, 15) is 14.0 Å². The zero-order valence-electron chi connectivity index (χ0n) is 12.0. The summed E-state index contributed by atoms with van der Waals surface area (Å²) >= 11 is 0. The van der Waals surface area contributed by atoms with Crippen LogP contribution in [0, 0.1) is 5.82 Å². The van der Waals surface area contributed by atoms with Gasteiger partial charge in [-0.2, -0.15) is 0 Å². The van der Waals surface area contributed by atoms with Crippen molar-refractivity contribution in [3.8, 4) is 0 Å². The van der Waals surface area contributed by atoms with Crippen LogP contribution in [-0.2, 0) is 4.79 Å². The van der Waals surface area contributed by atoms with E-state index in [0.29, 0.717) is 25.2 Å². The molecule has 0 aromatic heterocycles. The molecule has 1 unspecified atom stereocenters. The van der Waals surface area contributed by atoms with Crippen LogP contribution in [0.4, 0.5) is 14.9 Å². The van der Waals surface area contributed by atoms with Gasteiger partial charge in [0.1, 0.15) is 5.82 Å². The summed E-state index contributed by atoms with van der Waals surface area (Å²) < 4.78 is 13.0. The molecule has 1 aliphatic heterocycles. The predicted octanol–water partition coefficient (Wildman–Crippen LogP) is 2.71. The molecule has 1 N–H and O–H groups in total. The van der Waals surface area contributed by atoms with Crippen LogP contribution in [0.2, 0.25) is 0 Å². The molecule has 1 aromatic rings. The van der Waals surface area contributed by atoms with Gasteiger partial charge in [0.2, 0.25) is 0 Å². The van der Waals surface area contributed by atoms with Crippen molar-refractivity contribution in [3.05, 3.63) is 30.1 Å². The number of nitrogens with zero attached hydrogens (tertiary/aromatic N) is 2. The van der Waals surface area contributed by atoms with Crippen LogP contribution in [0.3, 0.4) is 0 Å². The molecule has 1 fully saturated rings. The van der Waals surface area contributed by atoms with Gasteiger partial charge in [0, 0.05) is 24.8 Å². The Morgan fingerprint density at radius 2 is 2.05 bits per heavy atom. The van der Waals surface area contributed by atoms with Crippen molar-refractivity contribution in [1.82, 2.24) is 4.90 Å². The average Bonchev–Trinajstić information content (AvgIpc) is 2.88. The number of anilines is 1. The number of halogens is 1. The second-order valence-electron chi connectivity index (χ2n) is 5.09. The highest BCUT2D eigenvalue weighted by Crippen LogP contribution is 2.24. The topological polar surface area (TPSA) is 60.9 Å². The number of hydrogen-bond donors (Lipinski definition) is 1. The van der Waals surface area contributed by atoms with Gasteiger partial charge in [0.15, 0.2) is 0 Å². The van der Waals surface area contributed by atoms with Crippen molar-refractivity contribution in [2.24, 2.45) is 0 Å². The number of likely N-dealkylation sites (tertiary alicyclic amines) is 1. The number of carbonyl (C=O) groups excluding carboxylic acids is 1. The molecule has 1 heterocycles. The number of aliphatic carboxylic acids is 1. The minimum atomic E-state index is -0.899. The van der Waals surface area contributed by atoms with Crippen molar-refractivity contribution < 1.29 is 19.1 Å². The predicted molar refractivity (Wildman–Crippen MR) is 76.8 cm³/mol. The van der Waals surface area contributed by atoms with Gasteiger partial charge in [-0.15, -0.1) is 0 Å². The van der Waals surface area contributed by atoms with E-state index >= 15 is 0 Å². The van der Waals surface area contributed by atoms with Crippen LogP contribution in [0.5, 0.6) is 0 Å². The molecule has 0 bridgehead atoms. The molecule has 5 nitrogen and oxygen atoms in total. The zero-order chi connectivity index (χ0) is 15.4. The van der Waals surface area contributed by atoms with Gasteiger partial charge in [0.25, 0.3) is 0 Å². The standard InChI is InChI=1S/C15H19FN2O3/c1-2-17(12-7-5-11(16)6-8-12)15(21)18-9-3-4-13(18)10-14(19)20/h5-8,13H,2-4,9-10H2,1H3,(H,19,20). The van der Waals surface area contributed by atoms with Crippen LogP contribution in [-0.4, -0.2) is 41.1 Å². The van der Waals surface area contributed by atoms with Crippen molar-refractivity contribution in [1.29, 1.82) is 0 Å². The minimum absolute atomic E-state index is 0.0350. The third-order valence-corrected chi connectivity index (χ3v) is 3.72. The molecule has 0 spiro atoms. The molecule has 0 radical (unpaired) electrons. The Morgan fingerprint density at radius 3 is 2.62 bits per heavy atom. The lowest BCUT2D eigenvalue weighted by Crippen LogP contribution is -2.46. The van der Waals surface area contributed by atoms with E-state index in [2.05, 4.69) is 0 Å². The molecule has 1 saturated heterocycles. The first-order valence-electron chi connectivity index (χ1n) is 7.08. The molecule has 21 heavy (non-hydrogen) atoms. The third kappa shape index (κ3) is 3.51. The summed E-state index contributed by atoms with van der Waals surface area (Å²) in [5.74, 6) is -1.25. The first kappa shape index (κ1) is 15.3. The van der Waals surface area contributed by atoms with Gasteiger partial charge in [0.05, 0.1) is 6.42 Å². The van der Waals surface area contributed by atoms with Crippen molar-refractivity contribution in [2.75, 3.05) is 18.0 Å². The Balaban J connectivity index is 2.15. The minimum Gasteiger partial charge on any atom is -0.481 e. The highest BCUT2D eigenvalue weighted by molar-refractivity contribution is 5.92. The van der Waals surface area contributed by atoms with E-state index in [0.717, 1.165) is 6.42 Å². The van der Waals surface area contributed by atoms with Gasteiger partial charge >= 0.3 is 12.0 Å². The maximum Gasteiger partial charge on any atom is 0.324 e. The molecule has 114 valence electrons. The second kappa shape index (κ2) is 6.56. The molecule has 1 atom stereocenters.